The summed E-state index contributed by atoms with van der Waals surface area (Å²) in [4.78, 5) is 10.9. The molecule has 0 spiro atoms. The number of anilines is 1. The zero-order valence-electron chi connectivity index (χ0n) is 10.1. The van der Waals surface area contributed by atoms with Crippen LogP contribution in [0.3, 0.4) is 0 Å². The van der Waals surface area contributed by atoms with Crippen molar-refractivity contribution < 1.29 is 9.53 Å². The monoisotopic (exact) mass is 242 g/mol. The smallest absolute Gasteiger partial charge is 0.178 e. The third kappa shape index (κ3) is 3.31. The molecule has 0 atom stereocenters. The molecular formula is C14H14N2O2. The third-order valence-electron chi connectivity index (χ3n) is 2.32. The van der Waals surface area contributed by atoms with Crippen molar-refractivity contribution >= 4 is 17.2 Å². The molecule has 92 valence electrons. The predicted octanol–water partition coefficient (Wildman–Crippen LogP) is 2.55. The fourth-order valence-corrected chi connectivity index (χ4v) is 1.44. The standard InChI is InChI=1S/C14H14N2O2/c1-2-18-14-9-5-12(6-10-14)16-15-11-3-7-13(17)8-4-11/h3-10,16H,2H2,1H3. The van der Waals surface area contributed by atoms with Crippen LogP contribution in [-0.2, 0) is 4.79 Å². The van der Waals surface area contributed by atoms with Crippen LogP contribution in [0.15, 0.2) is 53.7 Å². The van der Waals surface area contributed by atoms with E-state index in [9.17, 15) is 4.79 Å². The predicted molar refractivity (Wildman–Crippen MR) is 72.0 cm³/mol. The number of hydrazone groups is 1. The van der Waals surface area contributed by atoms with Crippen LogP contribution in [0.1, 0.15) is 6.92 Å². The number of nitrogens with zero attached hydrogens (tertiary/aromatic N) is 1. The first-order valence-electron chi connectivity index (χ1n) is 5.74. The summed E-state index contributed by atoms with van der Waals surface area (Å²) in [5.74, 6) is 0.814. The Morgan fingerprint density at radius 2 is 1.78 bits per heavy atom. The maximum Gasteiger partial charge on any atom is 0.178 e. The van der Waals surface area contributed by atoms with Gasteiger partial charge in [0.15, 0.2) is 5.78 Å². The maximum absolute atomic E-state index is 10.9. The Morgan fingerprint density at radius 1 is 1.11 bits per heavy atom. The lowest BCUT2D eigenvalue weighted by Crippen LogP contribution is -2.02. The van der Waals surface area contributed by atoms with Gasteiger partial charge >= 0.3 is 0 Å². The van der Waals surface area contributed by atoms with Crippen molar-refractivity contribution in [3.05, 3.63) is 48.6 Å². The van der Waals surface area contributed by atoms with Crippen LogP contribution in [0.25, 0.3) is 0 Å². The Kier molecular flexibility index (Phi) is 3.91. The molecule has 1 aromatic rings. The van der Waals surface area contributed by atoms with Gasteiger partial charge in [-0.25, -0.2) is 0 Å². The number of allylic oxidation sites excluding steroid dienone is 4. The van der Waals surface area contributed by atoms with Crippen molar-refractivity contribution in [2.24, 2.45) is 5.10 Å². The molecule has 1 N–H and O–H groups in total. The molecule has 1 aromatic carbocycles. The molecule has 2 rings (SSSR count). The second kappa shape index (κ2) is 5.82. The summed E-state index contributed by atoms with van der Waals surface area (Å²) >= 11 is 0. The van der Waals surface area contributed by atoms with E-state index in [0.717, 1.165) is 11.4 Å². The molecule has 0 fully saturated rings. The quantitative estimate of drug-likeness (QED) is 0.652. The van der Waals surface area contributed by atoms with E-state index >= 15 is 0 Å². The van der Waals surface area contributed by atoms with E-state index in [1.165, 1.54) is 12.2 Å². The summed E-state index contributed by atoms with van der Waals surface area (Å²) in [6.07, 6.45) is 6.31. The summed E-state index contributed by atoms with van der Waals surface area (Å²) in [6.45, 7) is 2.60. The minimum atomic E-state index is -0.0185. The molecule has 1 aliphatic carbocycles. The lowest BCUT2D eigenvalue weighted by molar-refractivity contribution is -0.110. The summed E-state index contributed by atoms with van der Waals surface area (Å²) in [5, 5.41) is 4.16. The number of benzene rings is 1. The van der Waals surface area contributed by atoms with Crippen molar-refractivity contribution in [2.45, 2.75) is 6.92 Å². The summed E-state index contributed by atoms with van der Waals surface area (Å²) in [5.41, 5.74) is 4.49. The molecule has 0 saturated carbocycles. The molecular weight excluding hydrogens is 228 g/mol. The number of ketones is 1. The Balaban J connectivity index is 1.98. The Bertz CT molecular complexity index is 495. The van der Waals surface area contributed by atoms with Crippen LogP contribution >= 0.6 is 0 Å². The summed E-state index contributed by atoms with van der Waals surface area (Å²) in [7, 11) is 0. The highest BCUT2D eigenvalue weighted by molar-refractivity contribution is 6.16. The molecule has 0 bridgehead atoms. The first-order chi connectivity index (χ1) is 8.78. The number of hydrogen-bond acceptors (Lipinski definition) is 4. The van der Waals surface area contributed by atoms with E-state index in [1.807, 2.05) is 31.2 Å². The molecule has 4 heteroatoms. The van der Waals surface area contributed by atoms with E-state index in [2.05, 4.69) is 10.5 Å². The molecule has 18 heavy (non-hydrogen) atoms. The first-order valence-corrected chi connectivity index (χ1v) is 5.74. The second-order valence-corrected chi connectivity index (χ2v) is 3.67. The van der Waals surface area contributed by atoms with Crippen LogP contribution in [0.4, 0.5) is 5.69 Å². The Hall–Kier alpha value is -2.36. The largest absolute Gasteiger partial charge is 0.494 e. The summed E-state index contributed by atoms with van der Waals surface area (Å²) in [6, 6.07) is 7.52. The molecule has 0 saturated heterocycles. The first kappa shape index (κ1) is 12.1. The lowest BCUT2D eigenvalue weighted by atomic mass is 10.2. The highest BCUT2D eigenvalue weighted by atomic mass is 16.5. The highest BCUT2D eigenvalue weighted by Crippen LogP contribution is 2.15. The average molecular weight is 242 g/mol. The van der Waals surface area contributed by atoms with Gasteiger partial charge in [-0.1, -0.05) is 0 Å². The maximum atomic E-state index is 10.9. The minimum Gasteiger partial charge on any atom is -0.494 e. The molecule has 1 aliphatic rings. The van der Waals surface area contributed by atoms with Crippen LogP contribution in [-0.4, -0.2) is 18.1 Å². The zero-order valence-corrected chi connectivity index (χ0v) is 10.1. The van der Waals surface area contributed by atoms with Crippen LogP contribution in [0, 0.1) is 0 Å². The lowest BCUT2D eigenvalue weighted by Gasteiger charge is -2.05. The van der Waals surface area contributed by atoms with E-state index < -0.39 is 0 Å². The van der Waals surface area contributed by atoms with Gasteiger partial charge < -0.3 is 4.74 Å². The van der Waals surface area contributed by atoms with Gasteiger partial charge in [-0.2, -0.15) is 5.10 Å². The van der Waals surface area contributed by atoms with Crippen molar-refractivity contribution in [3.8, 4) is 5.75 Å². The van der Waals surface area contributed by atoms with Gasteiger partial charge in [0.1, 0.15) is 5.75 Å². The van der Waals surface area contributed by atoms with Gasteiger partial charge in [0.2, 0.25) is 0 Å². The van der Waals surface area contributed by atoms with Crippen molar-refractivity contribution in [3.63, 3.8) is 0 Å². The van der Waals surface area contributed by atoms with Gasteiger partial charge in [-0.15, -0.1) is 0 Å². The van der Waals surface area contributed by atoms with Crippen LogP contribution in [0.5, 0.6) is 5.75 Å². The Morgan fingerprint density at radius 3 is 2.39 bits per heavy atom. The fourth-order valence-electron chi connectivity index (χ4n) is 1.44. The van der Waals surface area contributed by atoms with Gasteiger partial charge in [0.25, 0.3) is 0 Å². The number of carbonyl (C=O) groups excluding carboxylic acids is 1. The van der Waals surface area contributed by atoms with Crippen LogP contribution < -0.4 is 10.2 Å². The molecule has 0 amide bonds. The molecule has 0 radical (unpaired) electrons. The SMILES string of the molecule is CCOc1ccc(NN=C2C=CC(=O)C=C2)cc1. The zero-order chi connectivity index (χ0) is 12.8. The number of carbonyl (C=O) groups is 1. The molecule has 4 nitrogen and oxygen atoms in total. The van der Waals surface area contributed by atoms with Gasteiger partial charge in [-0.05, 0) is 55.5 Å². The van der Waals surface area contributed by atoms with Crippen LogP contribution in [0.2, 0.25) is 0 Å². The normalized spacial score (nSPS) is 13.6. The van der Waals surface area contributed by atoms with E-state index in [0.29, 0.717) is 12.3 Å². The van der Waals surface area contributed by atoms with Crippen molar-refractivity contribution in [1.29, 1.82) is 0 Å². The van der Waals surface area contributed by atoms with E-state index in [4.69, 9.17) is 4.74 Å². The van der Waals surface area contributed by atoms with E-state index in [1.54, 1.807) is 12.2 Å². The highest BCUT2D eigenvalue weighted by Gasteiger charge is 1.99. The third-order valence-corrected chi connectivity index (χ3v) is 2.32. The van der Waals surface area contributed by atoms with Gasteiger partial charge in [0.05, 0.1) is 18.0 Å². The molecule has 0 aromatic heterocycles. The molecule has 0 unspecified atom stereocenters. The number of rotatable bonds is 4. The van der Waals surface area contributed by atoms with Crippen molar-refractivity contribution in [2.75, 3.05) is 12.0 Å². The summed E-state index contributed by atoms with van der Waals surface area (Å²) < 4.78 is 5.34. The number of hydrogen-bond donors (Lipinski definition) is 1. The topological polar surface area (TPSA) is 50.7 Å². The molecule has 0 heterocycles. The van der Waals surface area contributed by atoms with Gasteiger partial charge in [-0.3, -0.25) is 10.2 Å². The second-order valence-electron chi connectivity index (χ2n) is 3.67. The number of nitrogens with one attached hydrogen (secondary N) is 1. The minimum absolute atomic E-state index is 0.0185. The fraction of sp³-hybridized carbons (Fsp3) is 0.143. The molecule has 0 aliphatic heterocycles. The van der Waals surface area contributed by atoms with Crippen molar-refractivity contribution in [1.82, 2.24) is 0 Å². The Labute approximate surface area is 106 Å². The van der Waals surface area contributed by atoms with E-state index in [-0.39, 0.29) is 5.78 Å². The number of ether oxygens (including phenoxy) is 1. The van der Waals surface area contributed by atoms with Gasteiger partial charge in [0, 0.05) is 0 Å². The average Bonchev–Trinajstić information content (AvgIpc) is 2.40.